The van der Waals surface area contributed by atoms with Gasteiger partial charge in [0.2, 0.25) is 5.91 Å². The SMILES string of the molecule is CCNC(=NCc1ccc(OC)c(OCC)c1)NCC1(C(=O)N(C)C)CCCC1. The van der Waals surface area contributed by atoms with Gasteiger partial charge in [-0.15, -0.1) is 0 Å². The van der Waals surface area contributed by atoms with Gasteiger partial charge < -0.3 is 25.0 Å². The molecule has 0 aliphatic heterocycles. The number of ether oxygens (including phenoxy) is 2. The van der Waals surface area contributed by atoms with E-state index in [1.807, 2.05) is 46.1 Å². The van der Waals surface area contributed by atoms with E-state index in [-0.39, 0.29) is 11.3 Å². The number of aliphatic imine (C=N–C) groups is 1. The summed E-state index contributed by atoms with van der Waals surface area (Å²) in [5.74, 6) is 2.37. The van der Waals surface area contributed by atoms with Gasteiger partial charge in [-0.2, -0.15) is 0 Å². The van der Waals surface area contributed by atoms with Gasteiger partial charge in [-0.1, -0.05) is 18.9 Å². The fourth-order valence-electron chi connectivity index (χ4n) is 3.85. The molecular weight excluding hydrogens is 368 g/mol. The monoisotopic (exact) mass is 404 g/mol. The zero-order valence-corrected chi connectivity index (χ0v) is 18.5. The van der Waals surface area contributed by atoms with Crippen molar-refractivity contribution in [1.82, 2.24) is 15.5 Å². The van der Waals surface area contributed by atoms with Crippen LogP contribution in [0.4, 0.5) is 0 Å². The highest BCUT2D eigenvalue weighted by atomic mass is 16.5. The number of amides is 1. The highest BCUT2D eigenvalue weighted by Gasteiger charge is 2.42. The van der Waals surface area contributed by atoms with E-state index >= 15 is 0 Å². The van der Waals surface area contributed by atoms with Crippen LogP contribution in [0.3, 0.4) is 0 Å². The number of benzene rings is 1. The Hall–Kier alpha value is -2.44. The molecule has 1 aromatic rings. The highest BCUT2D eigenvalue weighted by Crippen LogP contribution is 2.38. The second-order valence-electron chi connectivity index (χ2n) is 7.65. The maximum absolute atomic E-state index is 12.8. The molecule has 0 unspecified atom stereocenters. The van der Waals surface area contributed by atoms with Crippen molar-refractivity contribution in [3.8, 4) is 11.5 Å². The third-order valence-corrected chi connectivity index (χ3v) is 5.31. The van der Waals surface area contributed by atoms with Crippen LogP contribution < -0.4 is 20.1 Å². The predicted molar refractivity (Wildman–Crippen MR) is 117 cm³/mol. The molecule has 0 saturated heterocycles. The first-order valence-electron chi connectivity index (χ1n) is 10.5. The van der Waals surface area contributed by atoms with Crippen molar-refractivity contribution >= 4 is 11.9 Å². The summed E-state index contributed by atoms with van der Waals surface area (Å²) in [6.07, 6.45) is 4.04. The summed E-state index contributed by atoms with van der Waals surface area (Å²) in [7, 11) is 5.30. The number of carbonyl (C=O) groups excluding carboxylic acids is 1. The van der Waals surface area contributed by atoms with Crippen molar-refractivity contribution in [2.45, 2.75) is 46.1 Å². The number of methoxy groups -OCH3 is 1. The minimum absolute atomic E-state index is 0.204. The minimum atomic E-state index is -0.331. The first-order valence-corrected chi connectivity index (χ1v) is 10.5. The normalized spacial score (nSPS) is 15.7. The van der Waals surface area contributed by atoms with Crippen LogP contribution in [0.2, 0.25) is 0 Å². The van der Waals surface area contributed by atoms with Gasteiger partial charge in [0, 0.05) is 27.2 Å². The number of hydrogen-bond donors (Lipinski definition) is 2. The second kappa shape index (κ2) is 10.9. The van der Waals surface area contributed by atoms with Gasteiger partial charge in [0.1, 0.15) is 0 Å². The summed E-state index contributed by atoms with van der Waals surface area (Å²) in [6.45, 7) is 6.43. The van der Waals surface area contributed by atoms with Crippen molar-refractivity contribution in [1.29, 1.82) is 0 Å². The van der Waals surface area contributed by atoms with Crippen molar-refractivity contribution in [2.24, 2.45) is 10.4 Å². The molecule has 1 fully saturated rings. The predicted octanol–water partition coefficient (Wildman–Crippen LogP) is 2.80. The number of rotatable bonds is 9. The van der Waals surface area contributed by atoms with E-state index in [1.54, 1.807) is 12.0 Å². The summed E-state index contributed by atoms with van der Waals surface area (Å²) >= 11 is 0. The summed E-state index contributed by atoms with van der Waals surface area (Å²) in [5.41, 5.74) is 0.702. The highest BCUT2D eigenvalue weighted by molar-refractivity contribution is 5.85. The number of carbonyl (C=O) groups is 1. The lowest BCUT2D eigenvalue weighted by molar-refractivity contribution is -0.138. The molecule has 162 valence electrons. The van der Waals surface area contributed by atoms with Gasteiger partial charge in [-0.25, -0.2) is 4.99 Å². The maximum Gasteiger partial charge on any atom is 0.230 e. The Morgan fingerprint density at radius 2 is 1.90 bits per heavy atom. The second-order valence-corrected chi connectivity index (χ2v) is 7.65. The fourth-order valence-corrected chi connectivity index (χ4v) is 3.85. The molecule has 0 spiro atoms. The molecular formula is C22H36N4O3. The Kier molecular flexibility index (Phi) is 8.61. The summed E-state index contributed by atoms with van der Waals surface area (Å²) in [4.78, 5) is 19.2. The van der Waals surface area contributed by atoms with Gasteiger partial charge in [-0.05, 0) is 44.4 Å². The van der Waals surface area contributed by atoms with Crippen LogP contribution in [0.1, 0.15) is 45.1 Å². The summed E-state index contributed by atoms with van der Waals surface area (Å²) in [5, 5.41) is 6.69. The van der Waals surface area contributed by atoms with Gasteiger partial charge in [0.15, 0.2) is 17.5 Å². The topological polar surface area (TPSA) is 75.2 Å². The first-order chi connectivity index (χ1) is 14.0. The lowest BCUT2D eigenvalue weighted by Gasteiger charge is -2.31. The average molecular weight is 405 g/mol. The largest absolute Gasteiger partial charge is 0.493 e. The van der Waals surface area contributed by atoms with Crippen LogP contribution in [-0.4, -0.2) is 57.7 Å². The van der Waals surface area contributed by atoms with Gasteiger partial charge in [0.25, 0.3) is 0 Å². The molecule has 7 nitrogen and oxygen atoms in total. The van der Waals surface area contributed by atoms with E-state index in [0.717, 1.165) is 55.3 Å². The molecule has 0 atom stereocenters. The lowest BCUT2D eigenvalue weighted by atomic mass is 9.84. The lowest BCUT2D eigenvalue weighted by Crippen LogP contribution is -2.49. The van der Waals surface area contributed by atoms with Crippen LogP contribution in [0, 0.1) is 5.41 Å². The Bertz CT molecular complexity index is 697. The molecule has 7 heteroatoms. The van der Waals surface area contributed by atoms with Crippen LogP contribution >= 0.6 is 0 Å². The molecule has 1 aromatic carbocycles. The van der Waals surface area contributed by atoms with Gasteiger partial charge in [-0.3, -0.25) is 4.79 Å². The molecule has 0 bridgehead atoms. The molecule has 0 aromatic heterocycles. The number of nitrogens with zero attached hydrogens (tertiary/aromatic N) is 2. The van der Waals surface area contributed by atoms with Crippen molar-refractivity contribution in [2.75, 3.05) is 40.9 Å². The zero-order chi connectivity index (χ0) is 21.3. The Labute approximate surface area is 174 Å². The Morgan fingerprint density at radius 1 is 1.17 bits per heavy atom. The Balaban J connectivity index is 2.09. The van der Waals surface area contributed by atoms with Crippen LogP contribution in [0.25, 0.3) is 0 Å². The summed E-state index contributed by atoms with van der Waals surface area (Å²) in [6, 6.07) is 5.85. The van der Waals surface area contributed by atoms with Crippen LogP contribution in [-0.2, 0) is 11.3 Å². The molecule has 1 aliphatic carbocycles. The van der Waals surface area contributed by atoms with Gasteiger partial charge >= 0.3 is 0 Å². The fraction of sp³-hybridized carbons (Fsp3) is 0.636. The third-order valence-electron chi connectivity index (χ3n) is 5.31. The zero-order valence-electron chi connectivity index (χ0n) is 18.5. The molecule has 2 rings (SSSR count). The number of nitrogens with one attached hydrogen (secondary N) is 2. The van der Waals surface area contributed by atoms with E-state index in [0.29, 0.717) is 19.7 Å². The van der Waals surface area contributed by atoms with E-state index in [9.17, 15) is 4.79 Å². The average Bonchev–Trinajstić information content (AvgIpc) is 3.20. The van der Waals surface area contributed by atoms with Crippen LogP contribution in [0.5, 0.6) is 11.5 Å². The summed E-state index contributed by atoms with van der Waals surface area (Å²) < 4.78 is 11.0. The standard InChI is InChI=1S/C22H36N4O3/c1-6-23-21(25-16-22(12-8-9-13-22)20(27)26(3)4)24-15-17-10-11-18(28-5)19(14-17)29-7-2/h10-11,14H,6-9,12-13,15-16H2,1-5H3,(H2,23,24,25). The van der Waals surface area contributed by atoms with E-state index in [4.69, 9.17) is 14.5 Å². The first kappa shape index (κ1) is 22.8. The number of guanidine groups is 1. The Morgan fingerprint density at radius 3 is 2.48 bits per heavy atom. The maximum atomic E-state index is 12.8. The van der Waals surface area contributed by atoms with Crippen molar-refractivity contribution in [3.05, 3.63) is 23.8 Å². The van der Waals surface area contributed by atoms with Crippen molar-refractivity contribution in [3.63, 3.8) is 0 Å². The molecule has 0 radical (unpaired) electrons. The molecule has 29 heavy (non-hydrogen) atoms. The smallest absolute Gasteiger partial charge is 0.230 e. The molecule has 1 aliphatic rings. The molecule has 1 amide bonds. The van der Waals surface area contributed by atoms with E-state index in [2.05, 4.69) is 10.6 Å². The van der Waals surface area contributed by atoms with Crippen molar-refractivity contribution < 1.29 is 14.3 Å². The third kappa shape index (κ3) is 6.02. The van der Waals surface area contributed by atoms with E-state index < -0.39 is 0 Å². The minimum Gasteiger partial charge on any atom is -0.493 e. The quantitative estimate of drug-likeness (QED) is 0.489. The molecule has 0 heterocycles. The molecule has 1 saturated carbocycles. The van der Waals surface area contributed by atoms with Gasteiger partial charge in [0.05, 0.1) is 25.7 Å². The molecule has 2 N–H and O–H groups in total. The van der Waals surface area contributed by atoms with Crippen LogP contribution in [0.15, 0.2) is 23.2 Å². The van der Waals surface area contributed by atoms with E-state index in [1.165, 1.54) is 0 Å². The number of hydrogen-bond acceptors (Lipinski definition) is 4.